The van der Waals surface area contributed by atoms with E-state index in [0.29, 0.717) is 123 Å². The van der Waals surface area contributed by atoms with Gasteiger partial charge in [-0.05, 0) is 119 Å². The Morgan fingerprint density at radius 1 is 0.308 bits per heavy atom. The smallest absolute Gasteiger partial charge is 0.131 e. The molecule has 4 aromatic carbocycles. The minimum atomic E-state index is 0.431. The summed E-state index contributed by atoms with van der Waals surface area (Å²) < 4.78 is 25.8. The van der Waals surface area contributed by atoms with E-state index in [1.165, 1.54) is 0 Å². The van der Waals surface area contributed by atoms with Gasteiger partial charge >= 0.3 is 0 Å². The summed E-state index contributed by atoms with van der Waals surface area (Å²) in [5.74, 6) is 5.12. The number of pyridine rings is 6. The van der Waals surface area contributed by atoms with Gasteiger partial charge in [-0.25, -0.2) is 9.97 Å². The van der Waals surface area contributed by atoms with Crippen molar-refractivity contribution in [2.45, 2.75) is 26.2 Å². The maximum atomic E-state index is 6.49. The van der Waals surface area contributed by atoms with Crippen LogP contribution in [0, 0.1) is 0 Å². The van der Waals surface area contributed by atoms with Gasteiger partial charge in [0, 0.05) is 83.4 Å². The van der Waals surface area contributed by atoms with E-state index in [-0.39, 0.29) is 0 Å². The minimum absolute atomic E-state index is 0.431. The summed E-state index contributed by atoms with van der Waals surface area (Å²) in [4.78, 5) is 46.3. The fourth-order valence-corrected chi connectivity index (χ4v) is 8.67. The van der Waals surface area contributed by atoms with Crippen LogP contribution in [0.1, 0.15) is 45.0 Å². The van der Waals surface area contributed by atoms with E-state index in [1.54, 1.807) is 86.0 Å². The molecule has 17 rings (SSSR count). The van der Waals surface area contributed by atoms with Gasteiger partial charge in [0.1, 0.15) is 46.0 Å². The lowest BCUT2D eigenvalue weighted by atomic mass is 10.2. The molecule has 16 heteroatoms. The van der Waals surface area contributed by atoms with E-state index in [4.69, 9.17) is 35.5 Å². The lowest BCUT2D eigenvalue weighted by Gasteiger charge is -2.09. The molecule has 0 aliphatic carbocycles. The van der Waals surface area contributed by atoms with Gasteiger partial charge in [0.15, 0.2) is 0 Å². The van der Waals surface area contributed by atoms with E-state index in [2.05, 4.69) is 60.8 Å². The number of benzene rings is 4. The van der Waals surface area contributed by atoms with Gasteiger partial charge < -0.3 is 18.9 Å². The summed E-state index contributed by atoms with van der Waals surface area (Å²) in [7, 11) is 0. The molecule has 10 aromatic rings. The Bertz CT molecular complexity index is 3350. The zero-order valence-corrected chi connectivity index (χ0v) is 43.8. The topological polar surface area (TPSA) is 164 Å². The van der Waals surface area contributed by atoms with Crippen LogP contribution in [-0.4, -0.2) is 54.8 Å². The third-order valence-electron chi connectivity index (χ3n) is 11.7. The van der Waals surface area contributed by atoms with Crippen molar-refractivity contribution in [3.63, 3.8) is 0 Å². The zero-order chi connectivity index (χ0) is 52.9. The first-order valence-corrected chi connectivity index (χ1v) is 25.8. The molecule has 78 heavy (non-hydrogen) atoms. The largest absolute Gasteiger partial charge is 0.457 e. The Morgan fingerprint density at radius 2 is 0.564 bits per heavy atom. The number of hydrogen-bond acceptors (Lipinski definition) is 14. The van der Waals surface area contributed by atoms with Gasteiger partial charge in [-0.3, -0.25) is 39.9 Å². The van der Waals surface area contributed by atoms with Crippen LogP contribution in [0.2, 0.25) is 5.02 Å². The number of ether oxygens (including phenoxy) is 4. The Morgan fingerprint density at radius 3 is 0.833 bits per heavy atom. The number of hydrogen-bond donors (Lipinski definition) is 0. The highest BCUT2D eigenvalue weighted by Crippen LogP contribution is 2.31. The first-order chi connectivity index (χ1) is 38.3. The third kappa shape index (κ3) is 14.0. The van der Waals surface area contributed by atoms with E-state index in [1.807, 2.05) is 133 Å². The summed E-state index contributed by atoms with van der Waals surface area (Å²) in [6, 6.07) is 53.0. The lowest BCUT2D eigenvalue weighted by Crippen LogP contribution is -1.96. The fourth-order valence-electron chi connectivity index (χ4n) is 7.97. The van der Waals surface area contributed by atoms with Crippen LogP contribution in [0.3, 0.4) is 0 Å². The molecule has 0 saturated carbocycles. The van der Waals surface area contributed by atoms with Crippen LogP contribution in [0.25, 0.3) is 22.8 Å². The highest BCUT2D eigenvalue weighted by molar-refractivity contribution is 9.10. The molecule has 13 heterocycles. The van der Waals surface area contributed by atoms with Crippen LogP contribution in [0.4, 0.5) is 0 Å². The normalized spacial score (nSPS) is 12.7. The molecule has 0 saturated heterocycles. The molecule has 0 radical (unpaired) electrons. The van der Waals surface area contributed by atoms with Gasteiger partial charge in [-0.15, -0.1) is 0 Å². The summed E-state index contributed by atoms with van der Waals surface area (Å²) >= 11 is 10.1. The highest BCUT2D eigenvalue weighted by Gasteiger charge is 2.11. The first-order valence-electron chi connectivity index (χ1n) is 24.6. The molecular formula is C62H44BrClN10O4. The maximum Gasteiger partial charge on any atom is 0.131 e. The Hall–Kier alpha value is -9.57. The average molecular weight is 1110 g/mol. The summed E-state index contributed by atoms with van der Waals surface area (Å²) in [6.07, 6.45) is 13.7. The molecule has 14 nitrogen and oxygen atoms in total. The minimum Gasteiger partial charge on any atom is -0.457 e. The summed E-state index contributed by atoms with van der Waals surface area (Å²) in [5.41, 5.74) is 9.18. The van der Waals surface area contributed by atoms with Crippen LogP contribution >= 0.6 is 27.5 Å². The van der Waals surface area contributed by atoms with Crippen LogP contribution in [0.5, 0.6) is 46.0 Å². The molecule has 0 fully saturated rings. The van der Waals surface area contributed by atoms with Crippen LogP contribution < -0.4 is 18.9 Å². The Kier molecular flexibility index (Phi) is 15.8. The van der Waals surface area contributed by atoms with Gasteiger partial charge in [-0.1, -0.05) is 76.1 Å². The molecular weight excluding hydrogens is 1060 g/mol. The number of aromatic nitrogens is 6. The summed E-state index contributed by atoms with van der Waals surface area (Å²) in [6.45, 7) is 1.78. The molecule has 7 aliphatic heterocycles. The molecule has 0 unspecified atom stereocenters. The van der Waals surface area contributed by atoms with E-state index in [9.17, 15) is 0 Å². The van der Waals surface area contributed by atoms with Crippen molar-refractivity contribution in [1.29, 1.82) is 0 Å². The predicted molar refractivity (Wildman–Crippen MR) is 307 cm³/mol. The van der Waals surface area contributed by atoms with Crippen molar-refractivity contribution in [3.05, 3.63) is 249 Å². The van der Waals surface area contributed by atoms with Gasteiger partial charge in [0.2, 0.25) is 0 Å². The SMILES string of the molecule is Clc1cc2nc(c1)C=NCc1ccc(cc1)Oc1ccnc(c1)-c1cc(ccn1)Oc1ccc(cc1)CN=Cc1cc(Br)cc(n1)C=NCc1ccc(cc1)Oc1ccnc(c1)-c1cc(ccn1)Oc1ccc(cc1)CN=C2. The Labute approximate surface area is 462 Å². The molecule has 0 atom stereocenters. The second kappa shape index (κ2) is 24.4. The average Bonchev–Trinajstić information content (AvgIpc) is 3.45. The standard InChI is InChI=1S/C62H44BrClN10O4/c63-45-25-47-37-65-33-41-1-9-51(10-2-41)75-55-17-21-69-59(29-55)61-31-57(19-23-71-61)77-53-13-5-43(6-14-53)35-67-39-49-27-46(64)28-50(74-49)40-68-36-44-7-15-54(16-8-44)78-58-20-24-72-62(32-58)60-30-56(18-22-70-60)76-52-11-3-42(4-12-52)34-66-38-48(26-45)73-47/h1-32,37-40H,33-36H2. The van der Waals surface area contributed by atoms with Crippen molar-refractivity contribution in [1.82, 2.24) is 29.9 Å². The van der Waals surface area contributed by atoms with E-state index >= 15 is 0 Å². The first kappa shape index (κ1) is 50.6. The number of aliphatic imine (C=N–C) groups is 4. The van der Waals surface area contributed by atoms with Crippen molar-refractivity contribution in [2.24, 2.45) is 20.0 Å². The van der Waals surface area contributed by atoms with Gasteiger partial charge in [0.05, 0.1) is 71.7 Å². The van der Waals surface area contributed by atoms with Crippen molar-refractivity contribution in [3.8, 4) is 68.8 Å². The van der Waals surface area contributed by atoms with Crippen LogP contribution in [-0.2, 0) is 26.2 Å². The molecule has 0 N–H and O–H groups in total. The van der Waals surface area contributed by atoms with Gasteiger partial charge in [-0.2, -0.15) is 0 Å². The third-order valence-corrected chi connectivity index (χ3v) is 12.4. The van der Waals surface area contributed by atoms with Crippen molar-refractivity contribution < 1.29 is 18.9 Å². The predicted octanol–water partition coefficient (Wildman–Crippen LogP) is 14.8. The number of rotatable bonds is 0. The molecule has 0 amide bonds. The molecule has 20 bridgehead atoms. The molecule has 0 spiro atoms. The van der Waals surface area contributed by atoms with Crippen molar-refractivity contribution >= 4 is 52.4 Å². The Balaban J connectivity index is 0.800. The molecule has 380 valence electrons. The van der Waals surface area contributed by atoms with E-state index < -0.39 is 0 Å². The monoisotopic (exact) mass is 1110 g/mol. The number of nitrogens with zero attached hydrogens (tertiary/aromatic N) is 10. The second-order valence-corrected chi connectivity index (χ2v) is 19.0. The fraction of sp³-hybridized carbons (Fsp3) is 0.0645. The quantitative estimate of drug-likeness (QED) is 0.143. The van der Waals surface area contributed by atoms with Crippen LogP contribution in [0.15, 0.2) is 219 Å². The van der Waals surface area contributed by atoms with Crippen molar-refractivity contribution in [2.75, 3.05) is 0 Å². The second-order valence-electron chi connectivity index (χ2n) is 17.6. The highest BCUT2D eigenvalue weighted by atomic mass is 79.9. The zero-order valence-electron chi connectivity index (χ0n) is 41.5. The molecule has 6 aromatic heterocycles. The lowest BCUT2D eigenvalue weighted by molar-refractivity contribution is 0.480. The number of halogens is 2. The van der Waals surface area contributed by atoms with E-state index in [0.717, 1.165) is 26.7 Å². The molecule has 7 aliphatic rings. The summed E-state index contributed by atoms with van der Waals surface area (Å²) in [5, 5.41) is 0.532. The maximum absolute atomic E-state index is 6.49. The van der Waals surface area contributed by atoms with Gasteiger partial charge in [0.25, 0.3) is 0 Å².